The number of nitrogens with two attached hydrogens (primary N) is 2. The highest BCUT2D eigenvalue weighted by molar-refractivity contribution is 9.10. The summed E-state index contributed by atoms with van der Waals surface area (Å²) in [5.74, 6) is 0.690. The van der Waals surface area contributed by atoms with Crippen LogP contribution in [0.15, 0.2) is 15.4 Å². The molecule has 1 rings (SSSR count). The number of primary sulfonamides is 1. The Bertz CT molecular complexity index is 596. The van der Waals surface area contributed by atoms with Gasteiger partial charge in [0.25, 0.3) is 0 Å². The second-order valence-corrected chi connectivity index (χ2v) is 8.30. The van der Waals surface area contributed by atoms with Gasteiger partial charge in [0.1, 0.15) is 0 Å². The third-order valence-corrected chi connectivity index (χ3v) is 4.91. The van der Waals surface area contributed by atoms with E-state index in [1.807, 2.05) is 13.8 Å². The molecule has 0 fully saturated rings. The molecule has 0 heterocycles. The van der Waals surface area contributed by atoms with Gasteiger partial charge in [-0.1, -0.05) is 27.7 Å². The lowest BCUT2D eigenvalue weighted by atomic mass is 9.96. The molecule has 0 amide bonds. The zero-order valence-electron chi connectivity index (χ0n) is 12.4. The lowest BCUT2D eigenvalue weighted by molar-refractivity contribution is 0.591. The van der Waals surface area contributed by atoms with Gasteiger partial charge in [-0.15, -0.1) is 0 Å². The van der Waals surface area contributed by atoms with Crippen LogP contribution in [0.3, 0.4) is 0 Å². The molecule has 0 aliphatic carbocycles. The Balaban J connectivity index is 3.56. The van der Waals surface area contributed by atoms with Gasteiger partial charge in [-0.05, 0) is 57.8 Å². The summed E-state index contributed by atoms with van der Waals surface area (Å²) in [5, 5.41) is 5.35. The largest absolute Gasteiger partial charge is 0.398 e. The Labute approximate surface area is 130 Å². The van der Waals surface area contributed by atoms with Crippen molar-refractivity contribution in [2.45, 2.75) is 45.4 Å². The summed E-state index contributed by atoms with van der Waals surface area (Å²) in [6.45, 7) is 8.17. The molecule has 0 spiro atoms. The van der Waals surface area contributed by atoms with Crippen LogP contribution < -0.4 is 10.9 Å². The number of anilines is 1. The van der Waals surface area contributed by atoms with Crippen molar-refractivity contribution in [1.82, 2.24) is 0 Å². The molecule has 4 nitrogen and oxygen atoms in total. The van der Waals surface area contributed by atoms with Crippen LogP contribution >= 0.6 is 15.9 Å². The van der Waals surface area contributed by atoms with Crippen LogP contribution in [0.2, 0.25) is 0 Å². The summed E-state index contributed by atoms with van der Waals surface area (Å²) in [6, 6.07) is 1.66. The second-order valence-electron chi connectivity index (χ2n) is 5.98. The molecule has 0 aliphatic heterocycles. The molecule has 1 aromatic rings. The van der Waals surface area contributed by atoms with Gasteiger partial charge in [0.15, 0.2) is 0 Å². The van der Waals surface area contributed by atoms with Gasteiger partial charge >= 0.3 is 0 Å². The molecule has 0 bridgehead atoms. The van der Waals surface area contributed by atoms with Crippen LogP contribution in [-0.2, 0) is 22.9 Å². The normalized spacial score (nSPS) is 12.4. The molecule has 0 radical (unpaired) electrons. The zero-order chi connectivity index (χ0) is 15.7. The molecule has 4 N–H and O–H groups in total. The molecule has 20 heavy (non-hydrogen) atoms. The minimum absolute atomic E-state index is 0.155. The maximum atomic E-state index is 11.8. The van der Waals surface area contributed by atoms with Crippen molar-refractivity contribution in [3.05, 3.63) is 21.7 Å². The lowest BCUT2D eigenvalue weighted by Crippen LogP contribution is -2.18. The number of benzene rings is 1. The minimum Gasteiger partial charge on any atom is -0.398 e. The summed E-state index contributed by atoms with van der Waals surface area (Å²) in [5.41, 5.74) is 8.12. The van der Waals surface area contributed by atoms with E-state index >= 15 is 0 Å². The maximum Gasteiger partial charge on any atom is 0.238 e. The monoisotopic (exact) mass is 362 g/mol. The zero-order valence-corrected chi connectivity index (χ0v) is 14.8. The topological polar surface area (TPSA) is 86.2 Å². The maximum absolute atomic E-state index is 11.8. The van der Waals surface area contributed by atoms with E-state index in [2.05, 4.69) is 29.8 Å². The van der Waals surface area contributed by atoms with Gasteiger partial charge in [-0.3, -0.25) is 0 Å². The molecule has 1 aromatic carbocycles. The van der Waals surface area contributed by atoms with E-state index in [-0.39, 0.29) is 4.90 Å². The van der Waals surface area contributed by atoms with Crippen LogP contribution in [0.5, 0.6) is 0 Å². The van der Waals surface area contributed by atoms with Crippen molar-refractivity contribution in [1.29, 1.82) is 0 Å². The molecule has 114 valence electrons. The van der Waals surface area contributed by atoms with Crippen LogP contribution in [0.1, 0.15) is 38.8 Å². The van der Waals surface area contributed by atoms with Crippen LogP contribution in [0.4, 0.5) is 5.69 Å². The van der Waals surface area contributed by atoms with Crippen molar-refractivity contribution >= 4 is 31.6 Å². The number of halogens is 1. The predicted octanol–water partition coefficient (Wildman–Crippen LogP) is 3.08. The highest BCUT2D eigenvalue weighted by Gasteiger charge is 2.22. The number of hydrogen-bond donors (Lipinski definition) is 2. The molecule has 0 saturated heterocycles. The van der Waals surface area contributed by atoms with Crippen molar-refractivity contribution in [3.8, 4) is 0 Å². The van der Waals surface area contributed by atoms with Crippen molar-refractivity contribution in [2.24, 2.45) is 17.0 Å². The minimum atomic E-state index is -3.78. The first-order chi connectivity index (χ1) is 9.04. The van der Waals surface area contributed by atoms with Gasteiger partial charge in [0.2, 0.25) is 10.0 Å². The summed E-state index contributed by atoms with van der Waals surface area (Å²) >= 11 is 3.49. The van der Waals surface area contributed by atoms with Gasteiger partial charge in [-0.25, -0.2) is 13.6 Å². The summed E-state index contributed by atoms with van der Waals surface area (Å²) in [6.07, 6.45) is 1.33. The quantitative estimate of drug-likeness (QED) is 0.789. The van der Waals surface area contributed by atoms with E-state index in [0.29, 0.717) is 29.5 Å². The molecular formula is C14H23BrN2O2S. The van der Waals surface area contributed by atoms with Crippen LogP contribution in [0.25, 0.3) is 0 Å². The smallest absolute Gasteiger partial charge is 0.238 e. The molecule has 6 heteroatoms. The Hall–Kier alpha value is -0.590. The Kier molecular flexibility index (Phi) is 5.63. The van der Waals surface area contributed by atoms with Crippen molar-refractivity contribution in [3.63, 3.8) is 0 Å². The summed E-state index contributed by atoms with van der Waals surface area (Å²) in [7, 11) is -3.78. The first kappa shape index (κ1) is 17.5. The highest BCUT2D eigenvalue weighted by atomic mass is 79.9. The van der Waals surface area contributed by atoms with Gasteiger partial charge in [0.05, 0.1) is 10.6 Å². The highest BCUT2D eigenvalue weighted by Crippen LogP contribution is 2.35. The first-order valence-electron chi connectivity index (χ1n) is 6.66. The lowest BCUT2D eigenvalue weighted by Gasteiger charge is -2.18. The molecule has 0 saturated carbocycles. The Morgan fingerprint density at radius 3 is 2.05 bits per heavy atom. The molecule has 0 atom stereocenters. The predicted molar refractivity (Wildman–Crippen MR) is 87.0 cm³/mol. The molecular weight excluding hydrogens is 340 g/mol. The number of rotatable bonds is 5. The van der Waals surface area contributed by atoms with Gasteiger partial charge < -0.3 is 5.73 Å². The van der Waals surface area contributed by atoms with E-state index in [9.17, 15) is 8.42 Å². The third kappa shape index (κ3) is 4.20. The Morgan fingerprint density at radius 2 is 1.65 bits per heavy atom. The van der Waals surface area contributed by atoms with E-state index in [1.165, 1.54) is 0 Å². The van der Waals surface area contributed by atoms with Gasteiger partial charge in [0, 0.05) is 4.47 Å². The summed E-state index contributed by atoms with van der Waals surface area (Å²) in [4.78, 5) is 0.155. The van der Waals surface area contributed by atoms with E-state index in [4.69, 9.17) is 10.9 Å². The average Bonchev–Trinajstić information content (AvgIpc) is 2.26. The van der Waals surface area contributed by atoms with E-state index in [1.54, 1.807) is 6.07 Å². The van der Waals surface area contributed by atoms with E-state index < -0.39 is 10.0 Å². The number of hydrogen-bond acceptors (Lipinski definition) is 3. The van der Waals surface area contributed by atoms with E-state index in [0.717, 1.165) is 16.5 Å². The van der Waals surface area contributed by atoms with Crippen molar-refractivity contribution < 1.29 is 8.42 Å². The first-order valence-corrected chi connectivity index (χ1v) is 9.00. The summed E-state index contributed by atoms with van der Waals surface area (Å²) < 4.78 is 24.5. The van der Waals surface area contributed by atoms with Gasteiger partial charge in [-0.2, -0.15) is 0 Å². The molecule has 0 aromatic heterocycles. The van der Waals surface area contributed by atoms with Crippen molar-refractivity contribution in [2.75, 3.05) is 5.73 Å². The fraction of sp³-hybridized carbons (Fsp3) is 0.571. The van der Waals surface area contributed by atoms with Crippen LogP contribution in [0, 0.1) is 11.8 Å². The Morgan fingerprint density at radius 1 is 1.15 bits per heavy atom. The fourth-order valence-corrected chi connectivity index (χ4v) is 3.57. The number of nitrogen functional groups attached to an aromatic ring is 1. The molecule has 0 aliphatic rings. The molecule has 0 unspecified atom stereocenters. The standard InChI is InChI=1S/C14H23BrN2O2S/c1-8(2)5-10-7-12(20(17,18)19)11(6-9(3)4)14(16)13(10)15/h7-9H,5-6,16H2,1-4H3,(H2,17,18,19). The van der Waals surface area contributed by atoms with Crippen LogP contribution in [-0.4, -0.2) is 8.42 Å². The third-order valence-electron chi connectivity index (χ3n) is 2.99. The SMILES string of the molecule is CC(C)Cc1cc(S(N)(=O)=O)c(CC(C)C)c(N)c1Br. The fourth-order valence-electron chi connectivity index (χ4n) is 2.21. The average molecular weight is 363 g/mol. The second kappa shape index (κ2) is 6.45. The number of sulfonamides is 1.